The predicted octanol–water partition coefficient (Wildman–Crippen LogP) is 2.87. The second kappa shape index (κ2) is 17.8. The lowest BCUT2D eigenvalue weighted by Crippen LogP contribution is -2.50. The van der Waals surface area contributed by atoms with Crippen LogP contribution in [0.5, 0.6) is 0 Å². The number of pyridine rings is 2. The number of benzene rings is 2. The van der Waals surface area contributed by atoms with Gasteiger partial charge in [0.1, 0.15) is 0 Å². The minimum Gasteiger partial charge on any atom is -0.412 e. The van der Waals surface area contributed by atoms with Crippen molar-refractivity contribution in [2.75, 3.05) is 10.0 Å². The summed E-state index contributed by atoms with van der Waals surface area (Å²) in [5.74, 6) is -0.0115. The number of hydrazine groups is 2. The number of carbonyl (C=O) groups is 4. The molecule has 6 N–H and O–H groups in total. The van der Waals surface area contributed by atoms with Gasteiger partial charge in [-0.1, -0.05) is 72.8 Å². The molecule has 0 unspecified atom stereocenters. The van der Waals surface area contributed by atoms with Gasteiger partial charge in [0.2, 0.25) is 11.8 Å². The molecule has 2 aromatic heterocycles. The summed E-state index contributed by atoms with van der Waals surface area (Å²) in [6.07, 6.45) is 3.10. The first-order valence-electron chi connectivity index (χ1n) is 12.9. The van der Waals surface area contributed by atoms with Crippen LogP contribution in [0.4, 0.5) is 21.2 Å². The molecule has 2 heterocycles. The van der Waals surface area contributed by atoms with Gasteiger partial charge in [0.15, 0.2) is 11.6 Å². The van der Waals surface area contributed by atoms with Crippen LogP contribution in [0.15, 0.2) is 109 Å². The highest BCUT2D eigenvalue weighted by Gasteiger charge is 2.18. The Labute approximate surface area is 249 Å². The molecule has 0 bridgehead atoms. The highest BCUT2D eigenvalue weighted by Crippen LogP contribution is 2.09. The number of carbonyl (C=O) groups excluding carboxylic acids is 4. The molecule has 6 amide bonds. The van der Waals surface area contributed by atoms with Gasteiger partial charge in [-0.25, -0.2) is 19.6 Å². The summed E-state index contributed by atoms with van der Waals surface area (Å²) in [5.41, 5.74) is 6.84. The van der Waals surface area contributed by atoms with Crippen molar-refractivity contribution in [1.29, 1.82) is 0 Å². The van der Waals surface area contributed by atoms with Gasteiger partial charge in [-0.05, 0) is 35.4 Å². The van der Waals surface area contributed by atoms with E-state index in [2.05, 4.69) is 31.5 Å². The van der Waals surface area contributed by atoms with Crippen molar-refractivity contribution in [2.45, 2.75) is 26.9 Å². The molecular formula is C30H34N8O5. The Kier molecular flexibility index (Phi) is 13.8. The Morgan fingerprint density at radius 1 is 0.558 bits per heavy atom. The molecule has 0 aliphatic heterocycles. The zero-order valence-electron chi connectivity index (χ0n) is 23.7. The van der Waals surface area contributed by atoms with E-state index in [1.807, 2.05) is 60.7 Å². The fourth-order valence-electron chi connectivity index (χ4n) is 3.42. The van der Waals surface area contributed by atoms with E-state index in [1.165, 1.54) is 13.8 Å². The predicted molar refractivity (Wildman–Crippen MR) is 162 cm³/mol. The van der Waals surface area contributed by atoms with Crippen LogP contribution >= 0.6 is 0 Å². The van der Waals surface area contributed by atoms with Crippen molar-refractivity contribution in [2.24, 2.45) is 0 Å². The summed E-state index contributed by atoms with van der Waals surface area (Å²) >= 11 is 0. The van der Waals surface area contributed by atoms with Crippen LogP contribution in [0.25, 0.3) is 0 Å². The molecule has 13 nitrogen and oxygen atoms in total. The molecule has 0 fully saturated rings. The first-order valence-corrected chi connectivity index (χ1v) is 12.9. The van der Waals surface area contributed by atoms with Gasteiger partial charge in [0, 0.05) is 39.3 Å². The molecule has 0 radical (unpaired) electrons. The first-order chi connectivity index (χ1) is 20.3. The summed E-state index contributed by atoms with van der Waals surface area (Å²) in [6, 6.07) is 28.3. The van der Waals surface area contributed by atoms with E-state index in [1.54, 1.807) is 48.8 Å². The molecule has 224 valence electrons. The zero-order valence-corrected chi connectivity index (χ0v) is 23.7. The van der Waals surface area contributed by atoms with Crippen molar-refractivity contribution < 1.29 is 24.7 Å². The standard InChI is InChI=1S/2C15H16N4O2.H2O/c2*1-12(20)18-19(14-9-5-6-10-16-14)15(21)17-11-13-7-3-2-4-8-13;/h2*2-10H,11H2,1H3,(H,17,21)(H,18,20);1H2. The summed E-state index contributed by atoms with van der Waals surface area (Å²) in [5, 5.41) is 7.65. The third kappa shape index (κ3) is 11.7. The molecule has 0 aliphatic carbocycles. The van der Waals surface area contributed by atoms with Crippen LogP contribution in [0.1, 0.15) is 25.0 Å². The largest absolute Gasteiger partial charge is 0.412 e. The maximum atomic E-state index is 12.2. The average molecular weight is 587 g/mol. The van der Waals surface area contributed by atoms with E-state index < -0.39 is 12.1 Å². The van der Waals surface area contributed by atoms with E-state index in [0.29, 0.717) is 24.7 Å². The second-order valence-electron chi connectivity index (χ2n) is 8.67. The second-order valence-corrected chi connectivity index (χ2v) is 8.67. The van der Waals surface area contributed by atoms with Crippen molar-refractivity contribution >= 4 is 35.5 Å². The third-order valence-corrected chi connectivity index (χ3v) is 5.27. The average Bonchev–Trinajstić information content (AvgIpc) is 3.02. The molecule has 0 aliphatic rings. The van der Waals surface area contributed by atoms with Crippen LogP contribution in [-0.4, -0.2) is 39.3 Å². The molecular weight excluding hydrogens is 552 g/mol. The lowest BCUT2D eigenvalue weighted by atomic mass is 10.2. The SMILES string of the molecule is CC(=O)NN(C(=O)NCc1ccccc1)c1ccccn1.CC(=O)NN(C(=O)NCc1ccccc1)c1ccccn1.O. The minimum absolute atomic E-state index is 0. The van der Waals surface area contributed by atoms with Crippen LogP contribution in [0.2, 0.25) is 0 Å². The van der Waals surface area contributed by atoms with E-state index >= 15 is 0 Å². The number of urea groups is 2. The molecule has 2 aromatic carbocycles. The molecule has 0 spiro atoms. The Bertz CT molecular complexity index is 1320. The number of nitrogens with one attached hydrogen (secondary N) is 4. The van der Waals surface area contributed by atoms with Crippen molar-refractivity contribution in [3.63, 3.8) is 0 Å². The summed E-state index contributed by atoms with van der Waals surface area (Å²) in [4.78, 5) is 55.0. The number of aromatic nitrogens is 2. The Hall–Kier alpha value is -5.82. The van der Waals surface area contributed by atoms with Gasteiger partial charge >= 0.3 is 12.1 Å². The molecule has 43 heavy (non-hydrogen) atoms. The smallest absolute Gasteiger partial charge is 0.342 e. The normalized spacial score (nSPS) is 9.53. The number of amides is 6. The Morgan fingerprint density at radius 3 is 1.21 bits per heavy atom. The van der Waals surface area contributed by atoms with E-state index in [-0.39, 0.29) is 17.3 Å². The first kappa shape index (κ1) is 33.4. The Morgan fingerprint density at radius 2 is 0.907 bits per heavy atom. The Balaban J connectivity index is 0.000000293. The summed E-state index contributed by atoms with van der Waals surface area (Å²) < 4.78 is 0. The van der Waals surface area contributed by atoms with Crippen molar-refractivity contribution in [3.8, 4) is 0 Å². The summed E-state index contributed by atoms with van der Waals surface area (Å²) in [6.45, 7) is 3.39. The quantitative estimate of drug-likeness (QED) is 0.252. The monoisotopic (exact) mass is 586 g/mol. The van der Waals surface area contributed by atoms with Crippen LogP contribution in [0.3, 0.4) is 0 Å². The number of rotatable bonds is 6. The fourth-order valence-corrected chi connectivity index (χ4v) is 3.42. The zero-order chi connectivity index (χ0) is 30.2. The van der Waals surface area contributed by atoms with Gasteiger partial charge in [-0.15, -0.1) is 0 Å². The topological polar surface area (TPSA) is 180 Å². The van der Waals surface area contributed by atoms with E-state index in [9.17, 15) is 19.2 Å². The number of anilines is 2. The molecule has 4 aromatic rings. The molecule has 13 heteroatoms. The van der Waals surface area contributed by atoms with E-state index in [0.717, 1.165) is 21.1 Å². The highest BCUT2D eigenvalue weighted by atomic mass is 16.2. The van der Waals surface area contributed by atoms with E-state index in [4.69, 9.17) is 0 Å². The number of hydrogen-bond donors (Lipinski definition) is 4. The number of hydrogen-bond acceptors (Lipinski definition) is 6. The van der Waals surface area contributed by atoms with Gasteiger partial charge in [-0.3, -0.25) is 20.4 Å². The third-order valence-electron chi connectivity index (χ3n) is 5.27. The minimum atomic E-state index is -0.451. The maximum Gasteiger partial charge on any atom is 0.342 e. The van der Waals surface area contributed by atoms with Gasteiger partial charge in [0.25, 0.3) is 0 Å². The van der Waals surface area contributed by atoms with Crippen molar-refractivity contribution in [1.82, 2.24) is 31.5 Å². The van der Waals surface area contributed by atoms with Crippen LogP contribution in [-0.2, 0) is 22.7 Å². The highest BCUT2D eigenvalue weighted by molar-refractivity contribution is 5.94. The number of nitrogens with zero attached hydrogens (tertiary/aromatic N) is 4. The van der Waals surface area contributed by atoms with Crippen LogP contribution < -0.4 is 31.5 Å². The molecule has 0 saturated carbocycles. The van der Waals surface area contributed by atoms with Gasteiger partial charge < -0.3 is 16.1 Å². The fraction of sp³-hybridized carbons (Fsp3) is 0.133. The molecule has 4 rings (SSSR count). The molecule has 0 saturated heterocycles. The van der Waals surface area contributed by atoms with Gasteiger partial charge in [-0.2, -0.15) is 10.0 Å². The van der Waals surface area contributed by atoms with Gasteiger partial charge in [0.05, 0.1) is 0 Å². The van der Waals surface area contributed by atoms with Crippen molar-refractivity contribution in [3.05, 3.63) is 121 Å². The summed E-state index contributed by atoms with van der Waals surface area (Å²) in [7, 11) is 0. The maximum absolute atomic E-state index is 12.2. The lowest BCUT2D eigenvalue weighted by molar-refractivity contribution is -0.119. The van der Waals surface area contributed by atoms with Crippen LogP contribution in [0, 0.1) is 0 Å². The lowest BCUT2D eigenvalue weighted by Gasteiger charge is -2.21. The molecule has 0 atom stereocenters.